The van der Waals surface area contributed by atoms with Crippen LogP contribution in [0, 0.1) is 0 Å². The van der Waals surface area contributed by atoms with Gasteiger partial charge in [-0.1, -0.05) is 213 Å². The zero-order chi connectivity index (χ0) is 31.1. The topological polar surface area (TPSA) is 6.48 Å². The van der Waals surface area contributed by atoms with Crippen molar-refractivity contribution in [2.75, 3.05) is 20.1 Å². The van der Waals surface area contributed by atoms with Gasteiger partial charge in [-0.05, 0) is 26.3 Å². The van der Waals surface area contributed by atoms with Crippen LogP contribution in [0.25, 0.3) is 0 Å². The van der Waals surface area contributed by atoms with E-state index in [1.165, 1.54) is 225 Å². The second-order valence-electron chi connectivity index (χ2n) is 14.7. The standard InChI is InChI=1S/C41H84N2/c1-5-8-10-12-14-16-18-20-22-24-26-28-30-32-34-36-40(7-3)43-39-38-42(4)41(43)37-35-33-31-29-27-25-23-21-19-17-15-13-11-9-6-2/h40-41H,5-39H2,1-4H3. The summed E-state index contributed by atoms with van der Waals surface area (Å²) < 4.78 is 0. The van der Waals surface area contributed by atoms with E-state index in [0.717, 1.165) is 6.04 Å². The predicted octanol–water partition coefficient (Wildman–Crippen LogP) is 13.9. The molecule has 0 N–H and O–H groups in total. The summed E-state index contributed by atoms with van der Waals surface area (Å²) in [5.74, 6) is 0. The van der Waals surface area contributed by atoms with Crippen LogP contribution in [0.4, 0.5) is 0 Å². The molecule has 1 fully saturated rings. The van der Waals surface area contributed by atoms with Crippen molar-refractivity contribution in [3.8, 4) is 0 Å². The smallest absolute Gasteiger partial charge is 0.0623 e. The Hall–Kier alpha value is -0.0800. The van der Waals surface area contributed by atoms with E-state index in [9.17, 15) is 0 Å². The highest BCUT2D eigenvalue weighted by Gasteiger charge is 2.32. The van der Waals surface area contributed by atoms with Gasteiger partial charge < -0.3 is 0 Å². The van der Waals surface area contributed by atoms with Gasteiger partial charge in [-0.3, -0.25) is 9.80 Å². The van der Waals surface area contributed by atoms with Gasteiger partial charge in [-0.25, -0.2) is 0 Å². The molecule has 0 aliphatic carbocycles. The van der Waals surface area contributed by atoms with Gasteiger partial charge in [0.05, 0.1) is 6.17 Å². The molecule has 1 rings (SSSR count). The average Bonchev–Trinajstić information content (AvgIpc) is 3.38. The number of unbranched alkanes of at least 4 members (excludes halogenated alkanes) is 28. The van der Waals surface area contributed by atoms with Crippen molar-refractivity contribution in [3.63, 3.8) is 0 Å². The molecule has 1 saturated heterocycles. The van der Waals surface area contributed by atoms with Crippen molar-refractivity contribution in [3.05, 3.63) is 0 Å². The van der Waals surface area contributed by atoms with Crippen LogP contribution in [0.3, 0.4) is 0 Å². The van der Waals surface area contributed by atoms with Crippen molar-refractivity contribution in [1.29, 1.82) is 0 Å². The maximum absolute atomic E-state index is 2.91. The van der Waals surface area contributed by atoms with Gasteiger partial charge in [0, 0.05) is 19.1 Å². The molecule has 1 aliphatic heterocycles. The number of likely N-dealkylation sites (N-methyl/N-ethyl adjacent to an activating group) is 1. The zero-order valence-electron chi connectivity index (χ0n) is 30.8. The maximum atomic E-state index is 2.91. The van der Waals surface area contributed by atoms with E-state index in [0.29, 0.717) is 6.17 Å². The monoisotopic (exact) mass is 605 g/mol. The predicted molar refractivity (Wildman–Crippen MR) is 196 cm³/mol. The van der Waals surface area contributed by atoms with Crippen molar-refractivity contribution >= 4 is 0 Å². The van der Waals surface area contributed by atoms with Gasteiger partial charge in [0.15, 0.2) is 0 Å². The Kier molecular flexibility index (Phi) is 30.4. The first-order valence-corrected chi connectivity index (χ1v) is 20.7. The molecule has 0 amide bonds. The lowest BCUT2D eigenvalue weighted by atomic mass is 10.0. The molecule has 2 atom stereocenters. The molecule has 1 aliphatic rings. The molecule has 2 nitrogen and oxygen atoms in total. The van der Waals surface area contributed by atoms with Crippen LogP contribution in [-0.4, -0.2) is 42.1 Å². The second-order valence-corrected chi connectivity index (χ2v) is 14.7. The lowest BCUT2D eigenvalue weighted by Crippen LogP contribution is -2.43. The fourth-order valence-corrected chi connectivity index (χ4v) is 7.69. The Morgan fingerprint density at radius 1 is 0.419 bits per heavy atom. The van der Waals surface area contributed by atoms with Crippen LogP contribution < -0.4 is 0 Å². The fourth-order valence-electron chi connectivity index (χ4n) is 7.69. The van der Waals surface area contributed by atoms with E-state index in [1.807, 2.05) is 0 Å². The highest BCUT2D eigenvalue weighted by molar-refractivity contribution is 4.85. The SMILES string of the molecule is CCCCCCCCCCCCCCCCCC(CC)N1CCN(C)C1CCCCCCCCCCCCCCCCC. The molecule has 2 heteroatoms. The Morgan fingerprint density at radius 2 is 0.744 bits per heavy atom. The highest BCUT2D eigenvalue weighted by Crippen LogP contribution is 2.26. The Labute approximate surface area is 274 Å². The van der Waals surface area contributed by atoms with Crippen LogP contribution in [0.2, 0.25) is 0 Å². The summed E-state index contributed by atoms with van der Waals surface area (Å²) in [6, 6.07) is 0.813. The molecule has 0 saturated carbocycles. The number of hydrogen-bond acceptors (Lipinski definition) is 2. The largest absolute Gasteiger partial charge is 0.290 e. The van der Waals surface area contributed by atoms with Crippen LogP contribution in [-0.2, 0) is 0 Å². The number of rotatable bonds is 34. The van der Waals surface area contributed by atoms with E-state index in [-0.39, 0.29) is 0 Å². The molecule has 258 valence electrons. The molecular formula is C41H84N2. The number of hydrogen-bond donors (Lipinski definition) is 0. The third-order valence-corrected chi connectivity index (χ3v) is 10.7. The molecule has 0 radical (unpaired) electrons. The summed E-state index contributed by atoms with van der Waals surface area (Å²) >= 11 is 0. The molecule has 0 bridgehead atoms. The van der Waals surface area contributed by atoms with Gasteiger partial charge in [-0.15, -0.1) is 0 Å². The normalized spacial score (nSPS) is 16.9. The molecule has 1 heterocycles. The summed E-state index contributed by atoms with van der Waals surface area (Å²) in [6.07, 6.45) is 48.7. The first kappa shape index (κ1) is 40.9. The average molecular weight is 605 g/mol. The minimum atomic E-state index is 0.711. The van der Waals surface area contributed by atoms with E-state index in [4.69, 9.17) is 0 Å². The van der Waals surface area contributed by atoms with Crippen molar-refractivity contribution in [2.24, 2.45) is 0 Å². The summed E-state index contributed by atoms with van der Waals surface area (Å²) in [7, 11) is 2.39. The Bertz CT molecular complexity index is 534. The Balaban J connectivity index is 1.98. The molecule has 43 heavy (non-hydrogen) atoms. The van der Waals surface area contributed by atoms with E-state index in [1.54, 1.807) is 0 Å². The molecule has 0 spiro atoms. The highest BCUT2D eigenvalue weighted by atomic mass is 15.4. The van der Waals surface area contributed by atoms with Crippen LogP contribution in [0.5, 0.6) is 0 Å². The zero-order valence-corrected chi connectivity index (χ0v) is 30.8. The fraction of sp³-hybridized carbons (Fsp3) is 1.00. The third kappa shape index (κ3) is 23.9. The first-order valence-electron chi connectivity index (χ1n) is 20.7. The third-order valence-electron chi connectivity index (χ3n) is 10.7. The van der Waals surface area contributed by atoms with Crippen LogP contribution >= 0.6 is 0 Å². The quantitative estimate of drug-likeness (QED) is 0.0674. The summed E-state index contributed by atoms with van der Waals surface area (Å²) in [5.41, 5.74) is 0. The molecule has 2 unspecified atom stereocenters. The van der Waals surface area contributed by atoms with Gasteiger partial charge in [0.1, 0.15) is 0 Å². The van der Waals surface area contributed by atoms with Crippen molar-refractivity contribution in [2.45, 2.75) is 245 Å². The molecule has 0 aromatic carbocycles. The minimum Gasteiger partial charge on any atom is -0.290 e. The van der Waals surface area contributed by atoms with Crippen LogP contribution in [0.15, 0.2) is 0 Å². The Morgan fingerprint density at radius 3 is 1.09 bits per heavy atom. The van der Waals surface area contributed by atoms with E-state index in [2.05, 4.69) is 37.6 Å². The van der Waals surface area contributed by atoms with Crippen LogP contribution in [0.1, 0.15) is 233 Å². The molecule has 0 aromatic rings. The summed E-state index contributed by atoms with van der Waals surface area (Å²) in [6.45, 7) is 9.65. The molecular weight excluding hydrogens is 520 g/mol. The first-order chi connectivity index (χ1) is 21.2. The number of nitrogens with zero attached hydrogens (tertiary/aromatic N) is 2. The van der Waals surface area contributed by atoms with Crippen molar-refractivity contribution < 1.29 is 0 Å². The van der Waals surface area contributed by atoms with Gasteiger partial charge in [0.2, 0.25) is 0 Å². The van der Waals surface area contributed by atoms with E-state index < -0.39 is 0 Å². The minimum absolute atomic E-state index is 0.711. The summed E-state index contributed by atoms with van der Waals surface area (Å²) in [5, 5.41) is 0. The maximum Gasteiger partial charge on any atom is 0.0623 e. The van der Waals surface area contributed by atoms with Gasteiger partial charge in [0.25, 0.3) is 0 Å². The van der Waals surface area contributed by atoms with Gasteiger partial charge in [-0.2, -0.15) is 0 Å². The van der Waals surface area contributed by atoms with Gasteiger partial charge >= 0.3 is 0 Å². The lowest BCUT2D eigenvalue weighted by Gasteiger charge is -2.34. The van der Waals surface area contributed by atoms with Crippen molar-refractivity contribution in [1.82, 2.24) is 9.80 Å². The van der Waals surface area contributed by atoms with E-state index >= 15 is 0 Å². The lowest BCUT2D eigenvalue weighted by molar-refractivity contribution is 0.0939. The molecule has 0 aromatic heterocycles. The summed E-state index contributed by atoms with van der Waals surface area (Å²) in [4.78, 5) is 5.58. The second kappa shape index (κ2) is 31.9.